The molecule has 1 amide bonds. The Morgan fingerprint density at radius 3 is 2.37 bits per heavy atom. The van der Waals surface area contributed by atoms with Crippen LogP contribution in [0.2, 0.25) is 5.28 Å². The summed E-state index contributed by atoms with van der Waals surface area (Å²) in [5.41, 5.74) is -0.492. The maximum absolute atomic E-state index is 14.5. The zero-order chi connectivity index (χ0) is 39.5. The summed E-state index contributed by atoms with van der Waals surface area (Å²) in [6, 6.07) is 1.88. The summed E-state index contributed by atoms with van der Waals surface area (Å²) in [5, 5.41) is 12.1. The highest BCUT2D eigenvalue weighted by molar-refractivity contribution is 7.56. The van der Waals surface area contributed by atoms with Gasteiger partial charge in [-0.2, -0.15) is 20.3 Å². The zero-order valence-corrected chi connectivity index (χ0v) is 33.9. The number of carbonyl (C=O) groups excluding carboxylic acids is 2. The summed E-state index contributed by atoms with van der Waals surface area (Å²) in [4.78, 5) is 38.1. The molecular formula is C35H52ClN6O11P. The van der Waals surface area contributed by atoms with Crippen molar-refractivity contribution >= 4 is 48.1 Å². The van der Waals surface area contributed by atoms with E-state index >= 15 is 0 Å². The first-order valence-electron chi connectivity index (χ1n) is 18.5. The molecule has 2 aromatic heterocycles. The molecule has 0 N–H and O–H groups in total. The third-order valence-electron chi connectivity index (χ3n) is 9.21. The van der Waals surface area contributed by atoms with E-state index in [0.717, 1.165) is 25.7 Å². The molecule has 19 heteroatoms. The topological polar surface area (TPSA) is 196 Å². The summed E-state index contributed by atoms with van der Waals surface area (Å²) < 4.78 is 64.2. The summed E-state index contributed by atoms with van der Waals surface area (Å²) >= 11 is 6.56. The van der Waals surface area contributed by atoms with Crippen molar-refractivity contribution in [1.82, 2.24) is 19.7 Å². The first kappa shape index (κ1) is 42.2. The van der Waals surface area contributed by atoms with E-state index in [1.807, 2.05) is 6.07 Å². The van der Waals surface area contributed by atoms with Crippen LogP contribution in [0.5, 0.6) is 0 Å². The highest BCUT2D eigenvalue weighted by atomic mass is 35.5. The van der Waals surface area contributed by atoms with Crippen molar-refractivity contribution in [3.8, 4) is 6.07 Å². The molecule has 1 saturated carbocycles. The predicted molar refractivity (Wildman–Crippen MR) is 195 cm³/mol. The van der Waals surface area contributed by atoms with E-state index < -0.39 is 60.9 Å². The lowest BCUT2D eigenvalue weighted by Gasteiger charge is -2.37. The quantitative estimate of drug-likeness (QED) is 0.0742. The molecule has 54 heavy (non-hydrogen) atoms. The minimum absolute atomic E-state index is 0.0385. The van der Waals surface area contributed by atoms with Crippen molar-refractivity contribution in [2.24, 2.45) is 0 Å². The largest absolute Gasteiger partial charge is 0.463 e. The van der Waals surface area contributed by atoms with Crippen LogP contribution in [0.3, 0.4) is 0 Å². The van der Waals surface area contributed by atoms with Crippen LogP contribution in [0.15, 0.2) is 6.20 Å². The number of ether oxygens (including phenoxy) is 6. The second-order valence-corrected chi connectivity index (χ2v) is 17.3. The zero-order valence-electron chi connectivity index (χ0n) is 32.2. The molecule has 0 spiro atoms. The highest BCUT2D eigenvalue weighted by Crippen LogP contribution is 2.63. The molecule has 300 valence electrons. The van der Waals surface area contributed by atoms with Crippen molar-refractivity contribution < 1.29 is 51.6 Å². The van der Waals surface area contributed by atoms with Crippen molar-refractivity contribution in [3.63, 3.8) is 0 Å². The third-order valence-corrected chi connectivity index (χ3v) is 12.0. The number of hydrogen-bond acceptors (Lipinski definition) is 15. The van der Waals surface area contributed by atoms with Crippen LogP contribution in [-0.2, 0) is 46.8 Å². The first-order valence-corrected chi connectivity index (χ1v) is 20.5. The number of halogens is 1. The minimum atomic E-state index is -4.37. The maximum Gasteiger partial charge on any atom is 0.416 e. The van der Waals surface area contributed by atoms with E-state index in [1.54, 1.807) is 60.3 Å². The molecule has 3 fully saturated rings. The molecule has 2 unspecified atom stereocenters. The second-order valence-electron chi connectivity index (χ2n) is 14.7. The van der Waals surface area contributed by atoms with Gasteiger partial charge < -0.3 is 37.5 Å². The van der Waals surface area contributed by atoms with Crippen LogP contribution in [0.1, 0.15) is 107 Å². The standard InChI is InChI=1S/C35H52ClN6O11P/c1-9-46-30(43)35(18-14-15-19-37,54(45,48-10-2)49-11-3)47-21-24-25-26(52-34(7,8)51-25)29(50-24)42-28-23(20-38-42)27(39-31(36)40-28)41(22-16-12-13-17-22)32(44)53-33(4,5)6/h20,22,24-26,29H,9-18,21H2,1-8H3/t24-,25-,26-,29?,35?/m1/s1. The molecule has 0 radical (unpaired) electrons. The molecule has 2 aliphatic heterocycles. The van der Waals surface area contributed by atoms with Gasteiger partial charge in [0.15, 0.2) is 23.5 Å². The number of rotatable bonds is 16. The molecule has 5 rings (SSSR count). The van der Waals surface area contributed by atoms with E-state index in [4.69, 9.17) is 49.1 Å². The minimum Gasteiger partial charge on any atom is -0.463 e. The monoisotopic (exact) mass is 798 g/mol. The number of nitrogens with zero attached hydrogens (tertiary/aromatic N) is 6. The molecule has 5 atom stereocenters. The van der Waals surface area contributed by atoms with E-state index in [2.05, 4.69) is 15.1 Å². The summed E-state index contributed by atoms with van der Waals surface area (Å²) in [6.07, 6.45) is 0.956. The van der Waals surface area contributed by atoms with Gasteiger partial charge in [0.25, 0.3) is 5.34 Å². The van der Waals surface area contributed by atoms with Gasteiger partial charge in [0.05, 0.1) is 44.1 Å². The first-order chi connectivity index (χ1) is 25.5. The van der Waals surface area contributed by atoms with E-state index in [1.165, 1.54) is 10.9 Å². The highest BCUT2D eigenvalue weighted by Gasteiger charge is 2.62. The number of carbonyl (C=O) groups is 2. The van der Waals surface area contributed by atoms with Gasteiger partial charge in [-0.1, -0.05) is 12.8 Å². The van der Waals surface area contributed by atoms with Crippen LogP contribution in [0.25, 0.3) is 11.0 Å². The number of amides is 1. The van der Waals surface area contributed by atoms with Gasteiger partial charge in [-0.05, 0) is 86.3 Å². The van der Waals surface area contributed by atoms with E-state index in [-0.39, 0.29) is 68.5 Å². The number of unbranched alkanes of at least 4 members (excludes halogenated alkanes) is 1. The lowest BCUT2D eigenvalue weighted by molar-refractivity contribution is -0.208. The lowest BCUT2D eigenvalue weighted by atomic mass is 10.1. The van der Waals surface area contributed by atoms with E-state index in [9.17, 15) is 19.4 Å². The summed E-state index contributed by atoms with van der Waals surface area (Å²) in [5.74, 6) is -1.75. The van der Waals surface area contributed by atoms with Gasteiger partial charge in [0.2, 0.25) is 5.28 Å². The Morgan fingerprint density at radius 1 is 1.09 bits per heavy atom. The van der Waals surface area contributed by atoms with Crippen molar-refractivity contribution in [1.29, 1.82) is 5.26 Å². The van der Waals surface area contributed by atoms with Gasteiger partial charge in [-0.3, -0.25) is 9.46 Å². The van der Waals surface area contributed by atoms with Gasteiger partial charge >= 0.3 is 19.7 Å². The molecule has 4 heterocycles. The summed E-state index contributed by atoms with van der Waals surface area (Å²) in [7, 11) is -4.37. The van der Waals surface area contributed by atoms with Crippen LogP contribution in [0.4, 0.5) is 10.6 Å². The number of esters is 1. The Morgan fingerprint density at radius 2 is 1.76 bits per heavy atom. The normalized spacial score (nSPS) is 23.9. The molecule has 0 aromatic carbocycles. The Balaban J connectivity index is 1.54. The fourth-order valence-corrected chi connectivity index (χ4v) is 9.43. The molecule has 17 nitrogen and oxygen atoms in total. The number of hydrogen-bond donors (Lipinski definition) is 0. The van der Waals surface area contributed by atoms with Gasteiger partial charge in [0.1, 0.15) is 23.9 Å². The van der Waals surface area contributed by atoms with E-state index in [0.29, 0.717) is 5.39 Å². The molecule has 2 aromatic rings. The molecule has 1 aliphatic carbocycles. The van der Waals surface area contributed by atoms with Gasteiger partial charge in [0, 0.05) is 18.9 Å². The molecule has 0 bridgehead atoms. The van der Waals surface area contributed by atoms with Crippen LogP contribution >= 0.6 is 19.2 Å². The number of fused-ring (bicyclic) bond motifs is 2. The Kier molecular flexibility index (Phi) is 13.3. The number of anilines is 1. The summed E-state index contributed by atoms with van der Waals surface area (Å²) in [6.45, 7) is 13.3. The third kappa shape index (κ3) is 8.71. The second kappa shape index (κ2) is 17.1. The van der Waals surface area contributed by atoms with Crippen LogP contribution in [-0.4, -0.2) is 99.3 Å². The molecule has 3 aliphatic rings. The number of nitriles is 1. The van der Waals surface area contributed by atoms with Crippen LogP contribution in [0, 0.1) is 11.3 Å². The fraction of sp³-hybridized carbons (Fsp3) is 0.771. The van der Waals surface area contributed by atoms with Gasteiger partial charge in [-0.25, -0.2) is 14.3 Å². The predicted octanol–water partition coefficient (Wildman–Crippen LogP) is 6.82. The van der Waals surface area contributed by atoms with Crippen molar-refractivity contribution in [2.45, 2.75) is 148 Å². The average Bonchev–Trinajstić information content (AvgIpc) is 3.87. The molecule has 2 saturated heterocycles. The Bertz CT molecular complexity index is 1730. The number of aromatic nitrogens is 4. The molecular weight excluding hydrogens is 747 g/mol. The average molecular weight is 799 g/mol. The van der Waals surface area contributed by atoms with Crippen molar-refractivity contribution in [2.75, 3.05) is 31.3 Å². The smallest absolute Gasteiger partial charge is 0.416 e. The van der Waals surface area contributed by atoms with Crippen molar-refractivity contribution in [3.05, 3.63) is 11.5 Å². The maximum atomic E-state index is 14.5. The van der Waals surface area contributed by atoms with Gasteiger partial charge in [-0.15, -0.1) is 0 Å². The fourth-order valence-electron chi connectivity index (χ4n) is 7.14. The Labute approximate surface area is 320 Å². The lowest BCUT2D eigenvalue weighted by Crippen LogP contribution is -2.47. The van der Waals surface area contributed by atoms with Crippen LogP contribution < -0.4 is 4.90 Å². The Hall–Kier alpha value is -2.94. The SMILES string of the molecule is CCOC(=O)C(CCCC#N)(OC[C@H]1OC(n2ncc3c(N(C(=O)OC(C)(C)C)C4CCCC4)nc(Cl)nc32)[C@@H]2OC(C)(C)O[C@H]12)P(=O)(OCC)OCC.